The van der Waals surface area contributed by atoms with Gasteiger partial charge in [0, 0.05) is 20.6 Å². The molecule has 0 saturated carbocycles. The lowest BCUT2D eigenvalue weighted by Crippen LogP contribution is -2.43. The van der Waals surface area contributed by atoms with Crippen molar-refractivity contribution in [1.82, 2.24) is 20.4 Å². The van der Waals surface area contributed by atoms with Gasteiger partial charge in [0.15, 0.2) is 0 Å². The fraction of sp³-hybridized carbons (Fsp3) is 0.500. The number of hydrogen-bond acceptors (Lipinski definition) is 3. The van der Waals surface area contributed by atoms with E-state index in [1.54, 1.807) is 14.1 Å². The van der Waals surface area contributed by atoms with Crippen LogP contribution in [-0.4, -0.2) is 63.0 Å². The first-order valence-corrected chi connectivity index (χ1v) is 7.26. The maximum absolute atomic E-state index is 11.8. The van der Waals surface area contributed by atoms with Crippen LogP contribution >= 0.6 is 0 Å². The van der Waals surface area contributed by atoms with Gasteiger partial charge >= 0.3 is 6.03 Å². The van der Waals surface area contributed by atoms with Gasteiger partial charge in [0.1, 0.15) is 0 Å². The van der Waals surface area contributed by atoms with Crippen molar-refractivity contribution < 1.29 is 9.59 Å². The van der Waals surface area contributed by atoms with Gasteiger partial charge in [-0.2, -0.15) is 0 Å². The number of carbonyl (C=O) groups is 2. The van der Waals surface area contributed by atoms with Crippen LogP contribution in [-0.2, 0) is 4.79 Å². The molecule has 6 heteroatoms. The molecule has 0 aliphatic heterocycles. The monoisotopic (exact) mass is 306 g/mol. The van der Waals surface area contributed by atoms with Gasteiger partial charge in [0.05, 0.1) is 12.6 Å². The van der Waals surface area contributed by atoms with Crippen molar-refractivity contribution >= 4 is 11.9 Å². The summed E-state index contributed by atoms with van der Waals surface area (Å²) in [6.07, 6.45) is 0. The molecule has 1 rings (SSSR count). The van der Waals surface area contributed by atoms with E-state index in [0.717, 1.165) is 5.56 Å². The second-order valence-corrected chi connectivity index (χ2v) is 5.75. The van der Waals surface area contributed by atoms with Crippen molar-refractivity contribution in [1.29, 1.82) is 0 Å². The number of carbonyl (C=O) groups excluding carboxylic acids is 2. The molecule has 1 atom stereocenters. The fourth-order valence-corrected chi connectivity index (χ4v) is 2.06. The van der Waals surface area contributed by atoms with Crippen LogP contribution in [0.2, 0.25) is 0 Å². The number of likely N-dealkylation sites (N-methyl/N-ethyl adjacent to an activating group) is 1. The normalized spacial score (nSPS) is 11.9. The van der Waals surface area contributed by atoms with E-state index in [2.05, 4.69) is 27.7 Å². The Morgan fingerprint density at radius 3 is 2.36 bits per heavy atom. The minimum absolute atomic E-state index is 0.0228. The van der Waals surface area contributed by atoms with E-state index in [9.17, 15) is 9.59 Å². The topological polar surface area (TPSA) is 64.7 Å². The first kappa shape index (κ1) is 18.0. The first-order valence-electron chi connectivity index (χ1n) is 7.26. The molecule has 0 unspecified atom stereocenters. The molecule has 0 aliphatic carbocycles. The highest BCUT2D eigenvalue weighted by Gasteiger charge is 2.15. The van der Waals surface area contributed by atoms with Gasteiger partial charge in [-0.15, -0.1) is 0 Å². The van der Waals surface area contributed by atoms with Crippen molar-refractivity contribution in [3.8, 4) is 0 Å². The third-order valence-corrected chi connectivity index (χ3v) is 3.35. The number of nitrogens with zero attached hydrogens (tertiary/aromatic N) is 2. The second-order valence-electron chi connectivity index (χ2n) is 5.75. The van der Waals surface area contributed by atoms with Crippen molar-refractivity contribution in [2.45, 2.75) is 13.0 Å². The van der Waals surface area contributed by atoms with E-state index >= 15 is 0 Å². The summed E-state index contributed by atoms with van der Waals surface area (Å²) in [5.74, 6) is -0.199. The molecule has 0 fully saturated rings. The smallest absolute Gasteiger partial charge is 0.317 e. The Balaban J connectivity index is 2.55. The largest absolute Gasteiger partial charge is 0.353 e. The van der Waals surface area contributed by atoms with Gasteiger partial charge in [0.2, 0.25) is 5.91 Å². The zero-order valence-corrected chi connectivity index (χ0v) is 14.0. The molecule has 22 heavy (non-hydrogen) atoms. The lowest BCUT2D eigenvalue weighted by atomic mass is 10.0. The number of rotatable bonds is 6. The maximum atomic E-state index is 11.8. The van der Waals surface area contributed by atoms with E-state index in [0.29, 0.717) is 6.54 Å². The van der Waals surface area contributed by atoms with E-state index in [1.165, 1.54) is 10.5 Å². The van der Waals surface area contributed by atoms with Gasteiger partial charge < -0.3 is 20.4 Å². The van der Waals surface area contributed by atoms with E-state index < -0.39 is 0 Å². The highest BCUT2D eigenvalue weighted by atomic mass is 16.2. The van der Waals surface area contributed by atoms with E-state index in [-0.39, 0.29) is 24.5 Å². The Labute approximate surface area is 132 Å². The minimum Gasteiger partial charge on any atom is -0.353 e. The fourth-order valence-electron chi connectivity index (χ4n) is 2.06. The molecule has 2 N–H and O–H groups in total. The first-order chi connectivity index (χ1) is 10.3. The average molecular weight is 306 g/mol. The van der Waals surface area contributed by atoms with Crippen LogP contribution in [0.3, 0.4) is 0 Å². The quantitative estimate of drug-likeness (QED) is 0.823. The molecule has 3 amide bonds. The number of nitrogens with one attached hydrogen (secondary N) is 2. The molecular weight excluding hydrogens is 280 g/mol. The highest BCUT2D eigenvalue weighted by molar-refractivity contribution is 5.83. The summed E-state index contributed by atoms with van der Waals surface area (Å²) in [4.78, 5) is 26.7. The summed E-state index contributed by atoms with van der Waals surface area (Å²) in [6.45, 7) is 2.52. The number of amides is 3. The molecule has 0 saturated heterocycles. The molecule has 1 aromatic carbocycles. The third-order valence-electron chi connectivity index (χ3n) is 3.35. The average Bonchev–Trinajstić information content (AvgIpc) is 2.44. The van der Waals surface area contributed by atoms with Crippen LogP contribution < -0.4 is 10.6 Å². The highest BCUT2D eigenvalue weighted by Crippen LogP contribution is 2.18. The van der Waals surface area contributed by atoms with Crippen molar-refractivity contribution in [3.63, 3.8) is 0 Å². The van der Waals surface area contributed by atoms with Crippen molar-refractivity contribution in [2.24, 2.45) is 0 Å². The molecule has 0 heterocycles. The zero-order chi connectivity index (χ0) is 16.7. The van der Waals surface area contributed by atoms with Crippen LogP contribution in [0, 0.1) is 6.92 Å². The Kier molecular flexibility index (Phi) is 6.85. The Hall–Kier alpha value is -2.08. The van der Waals surface area contributed by atoms with Gasteiger partial charge in [-0.1, -0.05) is 29.8 Å². The molecule has 6 nitrogen and oxygen atoms in total. The summed E-state index contributed by atoms with van der Waals surface area (Å²) in [6, 6.07) is 8.04. The van der Waals surface area contributed by atoms with Gasteiger partial charge in [-0.05, 0) is 26.6 Å². The Morgan fingerprint density at radius 2 is 1.82 bits per heavy atom. The van der Waals surface area contributed by atoms with Crippen LogP contribution in [0.5, 0.6) is 0 Å². The molecular formula is C16H26N4O2. The van der Waals surface area contributed by atoms with E-state index in [4.69, 9.17) is 0 Å². The molecule has 0 aromatic heterocycles. The van der Waals surface area contributed by atoms with E-state index in [1.807, 2.05) is 33.2 Å². The predicted octanol–water partition coefficient (Wildman–Crippen LogP) is 0.985. The summed E-state index contributed by atoms with van der Waals surface area (Å²) in [7, 11) is 7.22. The summed E-state index contributed by atoms with van der Waals surface area (Å²) < 4.78 is 0. The molecule has 0 spiro atoms. The molecule has 0 aliphatic rings. The molecule has 122 valence electrons. The zero-order valence-electron chi connectivity index (χ0n) is 14.0. The summed E-state index contributed by atoms with van der Waals surface area (Å²) in [5.41, 5.74) is 2.34. The number of hydrogen-bond donors (Lipinski definition) is 2. The lowest BCUT2D eigenvalue weighted by Gasteiger charge is -2.25. The van der Waals surface area contributed by atoms with Crippen molar-refractivity contribution in [3.05, 3.63) is 35.4 Å². The number of aryl methyl sites for hydroxylation is 1. The van der Waals surface area contributed by atoms with Crippen LogP contribution in [0.4, 0.5) is 4.79 Å². The van der Waals surface area contributed by atoms with Gasteiger partial charge in [0.25, 0.3) is 0 Å². The van der Waals surface area contributed by atoms with Gasteiger partial charge in [-0.3, -0.25) is 4.79 Å². The predicted molar refractivity (Wildman–Crippen MR) is 87.7 cm³/mol. The molecule has 1 aromatic rings. The van der Waals surface area contributed by atoms with Crippen LogP contribution in [0.15, 0.2) is 24.3 Å². The SMILES string of the molecule is Cc1cccc([C@@H](CNC(=O)CNC(=O)N(C)C)N(C)C)c1. The lowest BCUT2D eigenvalue weighted by molar-refractivity contribution is -0.120. The Morgan fingerprint density at radius 1 is 1.14 bits per heavy atom. The van der Waals surface area contributed by atoms with Crippen LogP contribution in [0.25, 0.3) is 0 Å². The summed E-state index contributed by atoms with van der Waals surface area (Å²) in [5, 5.41) is 5.41. The standard InChI is InChI=1S/C16H26N4O2/c1-12-7-6-8-13(9-12)14(19(2)3)10-17-15(21)11-18-16(22)20(4)5/h6-9,14H,10-11H2,1-5H3,(H,17,21)(H,18,22)/t14-/m1/s1. The molecule has 0 bridgehead atoms. The minimum atomic E-state index is -0.280. The van der Waals surface area contributed by atoms with Crippen LogP contribution in [0.1, 0.15) is 17.2 Å². The second kappa shape index (κ2) is 8.38. The van der Waals surface area contributed by atoms with Gasteiger partial charge in [-0.25, -0.2) is 4.79 Å². The van der Waals surface area contributed by atoms with Crippen molar-refractivity contribution in [2.75, 3.05) is 41.3 Å². The maximum Gasteiger partial charge on any atom is 0.317 e. The number of benzene rings is 1. The Bertz CT molecular complexity index is 515. The third kappa shape index (κ3) is 5.73. The summed E-state index contributed by atoms with van der Waals surface area (Å²) >= 11 is 0. The molecule has 0 radical (unpaired) electrons. The number of urea groups is 1.